The van der Waals surface area contributed by atoms with Crippen LogP contribution in [0.2, 0.25) is 0 Å². The number of rotatable bonds is 0. The van der Waals surface area contributed by atoms with E-state index in [0.717, 1.165) is 0 Å². The van der Waals surface area contributed by atoms with Crippen molar-refractivity contribution in [1.29, 1.82) is 0 Å². The number of nitrogens with two attached hydrogens (primary N) is 1. The third-order valence-corrected chi connectivity index (χ3v) is 0. The molecule has 0 aliphatic rings. The summed E-state index contributed by atoms with van der Waals surface area (Å²) >= 11 is 0. The molecule has 0 heterocycles. The Bertz CT molecular complexity index is 31.8. The minimum Gasteiger partial charge on any atom is -0.314 e. The highest BCUT2D eigenvalue weighted by molar-refractivity contribution is 7.30. The van der Waals surface area contributed by atoms with Gasteiger partial charge in [0.05, 0.1) is 0 Å². The maximum absolute atomic E-state index is 8.70. The van der Waals surface area contributed by atoms with Crippen LogP contribution < -0.4 is 5.50 Å². The van der Waals surface area contributed by atoms with E-state index in [1.807, 2.05) is 9.39 Å². The molecule has 0 bridgehead atoms. The Morgan fingerprint density at radius 3 is 1.50 bits per heavy atom. The Hall–Kier alpha value is 0.410. The molecule has 0 spiro atoms. The molecule has 0 aliphatic carbocycles. The van der Waals surface area contributed by atoms with Gasteiger partial charge in [-0.1, -0.05) is 9.39 Å². The maximum atomic E-state index is 8.70. The predicted octanol–water partition coefficient (Wildman–Crippen LogP) is -0.636. The van der Waals surface area contributed by atoms with E-state index >= 15 is 0 Å². The first-order chi connectivity index (χ1) is 2.73. The van der Waals surface area contributed by atoms with E-state index in [-0.39, 0.29) is 0 Å². The van der Waals surface area contributed by atoms with E-state index in [2.05, 4.69) is 5.50 Å². The largest absolute Gasteiger partial charge is 0.692 e. The molecule has 0 amide bonds. The van der Waals surface area contributed by atoms with Crippen molar-refractivity contribution in [2.45, 2.75) is 0 Å². The summed E-state index contributed by atoms with van der Waals surface area (Å²) in [5.74, 6) is 0. The molecule has 1 atom stereocenters. The van der Waals surface area contributed by atoms with Crippen LogP contribution in [0.1, 0.15) is 0 Å². The van der Waals surface area contributed by atoms with Gasteiger partial charge in [-0.25, -0.2) is 0 Å². The van der Waals surface area contributed by atoms with Gasteiger partial charge in [0.2, 0.25) is 0 Å². The van der Waals surface area contributed by atoms with Crippen LogP contribution in [-0.4, -0.2) is 9.79 Å². The van der Waals surface area contributed by atoms with E-state index in [1.165, 1.54) is 0 Å². The van der Waals surface area contributed by atoms with Gasteiger partial charge in [-0.05, 0) is 0 Å². The smallest absolute Gasteiger partial charge is 0.314 e. The molecule has 0 aromatic rings. The molecule has 0 rings (SSSR count). The molecule has 38 valence electrons. The Morgan fingerprint density at radius 1 is 1.50 bits per heavy atom. The highest BCUT2D eigenvalue weighted by Gasteiger charge is 1.93. The lowest BCUT2D eigenvalue weighted by atomic mass is 13.9. The highest BCUT2D eigenvalue weighted by atomic mass is 31.1. The summed E-state index contributed by atoms with van der Waals surface area (Å²) in [6.07, 6.45) is 0. The molecule has 0 saturated carbocycles. The lowest BCUT2D eigenvalue weighted by Crippen LogP contribution is -1.45. The lowest BCUT2D eigenvalue weighted by Gasteiger charge is -1.34. The van der Waals surface area contributed by atoms with Crippen LogP contribution in [0.3, 0.4) is 0 Å². The molecule has 6 heavy (non-hydrogen) atoms. The van der Waals surface area contributed by atoms with Crippen molar-refractivity contribution in [3.63, 3.8) is 0 Å². The second kappa shape index (κ2) is 9.05. The second-order valence-corrected chi connectivity index (χ2v) is 0.758. The van der Waals surface area contributed by atoms with E-state index < -0.39 is 8.25 Å². The minimum absolute atomic E-state index is 1.92. The zero-order chi connectivity index (χ0) is 5.58. The van der Waals surface area contributed by atoms with Gasteiger partial charge in [-0.15, -0.1) is 9.79 Å². The highest BCUT2D eigenvalue weighted by Crippen LogP contribution is 1.98. The summed E-state index contributed by atoms with van der Waals surface area (Å²) in [5, 5.41) is 0. The molecule has 6 heteroatoms. The van der Waals surface area contributed by atoms with Crippen molar-refractivity contribution in [3.05, 3.63) is 0 Å². The topological polar surface area (TPSA) is 83.6 Å². The van der Waals surface area contributed by atoms with Gasteiger partial charge < -0.3 is 5.50 Å². The first kappa shape index (κ1) is 9.65. The lowest BCUT2D eigenvalue weighted by molar-refractivity contribution is 0.405. The normalized spacial score (nSPS) is 5.33. The Balaban J connectivity index is 0. The van der Waals surface area contributed by atoms with Crippen LogP contribution in [0.5, 0.6) is 0 Å². The fraction of sp³-hybridized carbons (Fsp3) is 0. The summed E-state index contributed by atoms with van der Waals surface area (Å²) in [5.41, 5.74) is 4.42. The van der Waals surface area contributed by atoms with Crippen molar-refractivity contribution in [2.24, 2.45) is 5.50 Å². The average molecular weight is 130 g/mol. The monoisotopic (exact) mass is 130 g/mol. The van der Waals surface area contributed by atoms with E-state index in [9.17, 15) is 0 Å². The summed E-state index contributed by atoms with van der Waals surface area (Å²) in [6, 6.07) is 0. The zero-order valence-electron chi connectivity index (χ0n) is 2.90. The van der Waals surface area contributed by atoms with Crippen LogP contribution in [-0.2, 0) is 4.57 Å². The molecule has 0 aromatic carbocycles. The second-order valence-electron chi connectivity index (χ2n) is 0.253. The molecule has 0 radical (unpaired) electrons. The Labute approximate surface area is 38.6 Å². The standard InChI is InChI=1S/H4NP.HO3P/c1-2;1-4(2)3/h1-2H2;(H-,1,2,3)/p+1. The molecule has 0 fully saturated rings. The Morgan fingerprint density at radius 2 is 1.50 bits per heavy atom. The van der Waals surface area contributed by atoms with Gasteiger partial charge >= 0.3 is 8.25 Å². The van der Waals surface area contributed by atoms with E-state index in [4.69, 9.17) is 14.4 Å². The quantitative estimate of drug-likeness (QED) is 0.381. The van der Waals surface area contributed by atoms with Crippen LogP contribution in [0.15, 0.2) is 0 Å². The van der Waals surface area contributed by atoms with Crippen LogP contribution in [0, 0.1) is 0 Å². The Kier molecular flexibility index (Phi) is 14.5. The first-order valence-electron chi connectivity index (χ1n) is 0.916. The summed E-state index contributed by atoms with van der Waals surface area (Å²) in [7, 11) is -0.954. The van der Waals surface area contributed by atoms with Gasteiger partial charge in [-0.2, -0.15) is 0 Å². The fourth-order valence-corrected chi connectivity index (χ4v) is 0. The third-order valence-electron chi connectivity index (χ3n) is 0. The average Bonchev–Trinajstić information content (AvgIpc) is 1.41. The molecule has 0 aromatic heterocycles. The zero-order valence-corrected chi connectivity index (χ0v) is 4.95. The van der Waals surface area contributed by atoms with Gasteiger partial charge in [0.1, 0.15) is 0 Å². The third kappa shape index (κ3) is 305. The molecule has 0 aliphatic heterocycles. The van der Waals surface area contributed by atoms with Crippen molar-refractivity contribution in [2.75, 3.05) is 0 Å². The van der Waals surface area contributed by atoms with Gasteiger partial charge in [0.15, 0.2) is 0 Å². The van der Waals surface area contributed by atoms with Gasteiger partial charge in [0.25, 0.3) is 0 Å². The maximum Gasteiger partial charge on any atom is 0.692 e. The number of hydrogen-bond donors (Lipinski definition) is 3. The van der Waals surface area contributed by atoms with Gasteiger partial charge in [-0.3, -0.25) is 0 Å². The predicted molar refractivity (Wildman–Crippen MR) is 25.9 cm³/mol. The van der Waals surface area contributed by atoms with Crippen LogP contribution in [0.4, 0.5) is 0 Å². The minimum atomic E-state index is -2.87. The van der Waals surface area contributed by atoms with Crippen molar-refractivity contribution in [3.8, 4) is 0 Å². The molecular weight excluding hydrogens is 124 g/mol. The van der Waals surface area contributed by atoms with E-state index in [1.54, 1.807) is 0 Å². The summed E-state index contributed by atoms with van der Waals surface area (Å²) < 4.78 is 8.70. The summed E-state index contributed by atoms with van der Waals surface area (Å²) in [4.78, 5) is 14.2. The molecular formula is H6NO3P2+. The molecule has 4 N–H and O–H groups in total. The SMILES string of the molecule is NP.O=[P+](O)O. The fourth-order valence-electron chi connectivity index (χ4n) is 0. The van der Waals surface area contributed by atoms with Crippen molar-refractivity contribution >= 4 is 17.6 Å². The van der Waals surface area contributed by atoms with Crippen LogP contribution in [0.25, 0.3) is 0 Å². The first-order valence-corrected chi connectivity index (χ1v) is 2.75. The number of hydrogen-bond acceptors (Lipinski definition) is 2. The summed E-state index contributed by atoms with van der Waals surface area (Å²) in [6.45, 7) is 0. The van der Waals surface area contributed by atoms with Crippen molar-refractivity contribution < 1.29 is 14.4 Å². The van der Waals surface area contributed by atoms with Gasteiger partial charge in [0, 0.05) is 4.57 Å². The van der Waals surface area contributed by atoms with Crippen molar-refractivity contribution in [1.82, 2.24) is 0 Å². The molecule has 4 nitrogen and oxygen atoms in total. The molecule has 1 unspecified atom stereocenters. The van der Waals surface area contributed by atoms with E-state index in [0.29, 0.717) is 0 Å². The van der Waals surface area contributed by atoms with Crippen LogP contribution >= 0.6 is 17.6 Å². The molecule has 0 saturated heterocycles.